The zero-order chi connectivity index (χ0) is 17.3. The van der Waals surface area contributed by atoms with E-state index in [9.17, 15) is 9.59 Å². The van der Waals surface area contributed by atoms with Crippen LogP contribution in [-0.4, -0.2) is 48.4 Å². The van der Waals surface area contributed by atoms with Crippen molar-refractivity contribution in [2.24, 2.45) is 5.92 Å². The van der Waals surface area contributed by atoms with Crippen molar-refractivity contribution in [3.63, 3.8) is 0 Å². The van der Waals surface area contributed by atoms with Crippen LogP contribution in [0.1, 0.15) is 25.3 Å². The Bertz CT molecular complexity index is 620. The van der Waals surface area contributed by atoms with Crippen molar-refractivity contribution in [1.82, 2.24) is 15.5 Å². The molecule has 2 N–H and O–H groups in total. The second kappa shape index (κ2) is 6.73. The largest absolute Gasteiger partial charge is 0.346 e. The molecule has 0 aromatic heterocycles. The second-order valence-electron chi connectivity index (χ2n) is 7.21. The summed E-state index contributed by atoms with van der Waals surface area (Å²) in [4.78, 5) is 26.0. The van der Waals surface area contributed by atoms with Crippen molar-refractivity contribution in [3.05, 3.63) is 34.9 Å². The number of benzene rings is 1. The molecule has 2 heterocycles. The standard InChI is InChI=1S/C18H24ClN3O2/c1-12(7-13-3-5-15(19)6-4-13)22(2)17(24)16(23)20-11-18-8-14(9-18)10-21-18/h3-6,12,14,21H,7-11H2,1-2H3,(H,20,23). The Morgan fingerprint density at radius 3 is 2.62 bits per heavy atom. The van der Waals surface area contributed by atoms with E-state index in [2.05, 4.69) is 10.6 Å². The molecule has 130 valence electrons. The van der Waals surface area contributed by atoms with Crippen molar-refractivity contribution in [2.45, 2.75) is 37.8 Å². The van der Waals surface area contributed by atoms with E-state index >= 15 is 0 Å². The number of hydrogen-bond donors (Lipinski definition) is 2. The molecule has 1 unspecified atom stereocenters. The van der Waals surface area contributed by atoms with E-state index < -0.39 is 11.8 Å². The minimum absolute atomic E-state index is 0.0358. The first kappa shape index (κ1) is 17.2. The van der Waals surface area contributed by atoms with Crippen molar-refractivity contribution in [3.8, 4) is 0 Å². The van der Waals surface area contributed by atoms with Crippen LogP contribution in [0.4, 0.5) is 0 Å². The molecule has 2 saturated heterocycles. The summed E-state index contributed by atoms with van der Waals surface area (Å²) in [6.07, 6.45) is 2.88. The van der Waals surface area contributed by atoms with E-state index in [-0.39, 0.29) is 11.6 Å². The Balaban J connectivity index is 1.49. The van der Waals surface area contributed by atoms with Gasteiger partial charge in [-0.1, -0.05) is 23.7 Å². The molecule has 2 bridgehead atoms. The lowest BCUT2D eigenvalue weighted by Crippen LogP contribution is -2.55. The van der Waals surface area contributed by atoms with Crippen LogP contribution in [0.3, 0.4) is 0 Å². The molecule has 0 spiro atoms. The molecule has 4 rings (SSSR count). The lowest BCUT2D eigenvalue weighted by atomic mass is 9.73. The number of carbonyl (C=O) groups excluding carboxylic acids is 2. The summed E-state index contributed by atoms with van der Waals surface area (Å²) in [7, 11) is 1.67. The summed E-state index contributed by atoms with van der Waals surface area (Å²) < 4.78 is 0. The predicted molar refractivity (Wildman–Crippen MR) is 93.9 cm³/mol. The topological polar surface area (TPSA) is 61.4 Å². The fourth-order valence-corrected chi connectivity index (χ4v) is 3.81. The number of halogens is 1. The van der Waals surface area contributed by atoms with Crippen LogP contribution in [-0.2, 0) is 16.0 Å². The van der Waals surface area contributed by atoms with Gasteiger partial charge in [0.05, 0.1) is 0 Å². The van der Waals surface area contributed by atoms with Crippen LogP contribution < -0.4 is 10.6 Å². The Labute approximate surface area is 147 Å². The van der Waals surface area contributed by atoms with E-state index in [1.165, 1.54) is 4.90 Å². The minimum atomic E-state index is -0.521. The average Bonchev–Trinajstić information content (AvgIpc) is 3.14. The molecule has 1 atom stereocenters. The number of hydrogen-bond acceptors (Lipinski definition) is 3. The summed E-state index contributed by atoms with van der Waals surface area (Å²) in [5, 5.41) is 6.93. The monoisotopic (exact) mass is 349 g/mol. The molecule has 2 aliphatic heterocycles. The fraction of sp³-hybridized carbons (Fsp3) is 0.556. The van der Waals surface area contributed by atoms with Crippen LogP contribution in [0, 0.1) is 5.92 Å². The minimum Gasteiger partial charge on any atom is -0.346 e. The van der Waals surface area contributed by atoms with Crippen LogP contribution in [0.2, 0.25) is 5.02 Å². The molecular formula is C18H24ClN3O2. The molecule has 3 aliphatic rings. The van der Waals surface area contributed by atoms with Gasteiger partial charge in [-0.15, -0.1) is 0 Å². The lowest BCUT2D eigenvalue weighted by molar-refractivity contribution is -0.146. The van der Waals surface area contributed by atoms with Crippen molar-refractivity contribution >= 4 is 23.4 Å². The van der Waals surface area contributed by atoms with Gasteiger partial charge < -0.3 is 15.5 Å². The second-order valence-corrected chi connectivity index (χ2v) is 7.65. The maximum Gasteiger partial charge on any atom is 0.311 e. The molecule has 1 aliphatic carbocycles. The predicted octanol–water partition coefficient (Wildman–Crippen LogP) is 1.60. The highest BCUT2D eigenvalue weighted by Crippen LogP contribution is 2.42. The molecule has 1 aromatic carbocycles. The Kier molecular flexibility index (Phi) is 4.83. The van der Waals surface area contributed by atoms with Crippen molar-refractivity contribution in [1.29, 1.82) is 0 Å². The summed E-state index contributed by atoms with van der Waals surface area (Å²) in [5.74, 6) is -0.256. The zero-order valence-electron chi connectivity index (χ0n) is 14.1. The van der Waals surface area contributed by atoms with Gasteiger partial charge in [0.2, 0.25) is 0 Å². The van der Waals surface area contributed by atoms with Crippen LogP contribution in [0.5, 0.6) is 0 Å². The van der Waals surface area contributed by atoms with E-state index in [4.69, 9.17) is 11.6 Å². The van der Waals surface area contributed by atoms with Gasteiger partial charge in [-0.2, -0.15) is 0 Å². The molecule has 5 nitrogen and oxygen atoms in total. The molecule has 24 heavy (non-hydrogen) atoms. The third-order valence-corrected chi connectivity index (χ3v) is 5.58. The molecule has 0 radical (unpaired) electrons. The Morgan fingerprint density at radius 2 is 2.04 bits per heavy atom. The maximum absolute atomic E-state index is 12.3. The highest BCUT2D eigenvalue weighted by molar-refractivity contribution is 6.35. The number of nitrogens with zero attached hydrogens (tertiary/aromatic N) is 1. The first-order valence-corrected chi connectivity index (χ1v) is 8.81. The number of nitrogens with one attached hydrogen (secondary N) is 2. The smallest absolute Gasteiger partial charge is 0.311 e. The first-order chi connectivity index (χ1) is 11.4. The van der Waals surface area contributed by atoms with Crippen molar-refractivity contribution < 1.29 is 9.59 Å². The lowest BCUT2D eigenvalue weighted by Gasteiger charge is -2.37. The summed E-state index contributed by atoms with van der Waals surface area (Å²) >= 11 is 5.88. The van der Waals surface area contributed by atoms with E-state index in [0.717, 1.165) is 30.9 Å². The molecule has 3 fully saturated rings. The molecular weight excluding hydrogens is 326 g/mol. The van der Waals surface area contributed by atoms with Crippen LogP contribution >= 0.6 is 11.6 Å². The normalized spacial score (nSPS) is 25.7. The van der Waals surface area contributed by atoms with Gasteiger partial charge in [0, 0.05) is 30.2 Å². The summed E-state index contributed by atoms with van der Waals surface area (Å²) in [6.45, 7) is 3.50. The Hall–Kier alpha value is -1.59. The Morgan fingerprint density at radius 1 is 1.38 bits per heavy atom. The molecule has 6 heteroatoms. The van der Waals surface area contributed by atoms with E-state index in [1.807, 2.05) is 31.2 Å². The highest BCUT2D eigenvalue weighted by Gasteiger charge is 2.50. The summed E-state index contributed by atoms with van der Waals surface area (Å²) in [5.41, 5.74) is 1.12. The van der Waals surface area contributed by atoms with Gasteiger partial charge in [0.15, 0.2) is 0 Å². The van der Waals surface area contributed by atoms with Gasteiger partial charge >= 0.3 is 11.8 Å². The van der Waals surface area contributed by atoms with Crippen molar-refractivity contribution in [2.75, 3.05) is 20.1 Å². The third kappa shape index (κ3) is 3.57. The van der Waals surface area contributed by atoms with Gasteiger partial charge in [0.1, 0.15) is 0 Å². The average molecular weight is 350 g/mol. The maximum atomic E-state index is 12.3. The van der Waals surface area contributed by atoms with E-state index in [1.54, 1.807) is 7.05 Å². The zero-order valence-corrected chi connectivity index (χ0v) is 14.9. The fourth-order valence-electron chi connectivity index (χ4n) is 3.69. The van der Waals surface area contributed by atoms with Gasteiger partial charge in [0.25, 0.3) is 0 Å². The number of likely N-dealkylation sites (N-methyl/N-ethyl adjacent to an activating group) is 1. The first-order valence-electron chi connectivity index (χ1n) is 8.43. The third-order valence-electron chi connectivity index (χ3n) is 5.33. The van der Waals surface area contributed by atoms with Gasteiger partial charge in [-0.3, -0.25) is 9.59 Å². The SMILES string of the molecule is CC(Cc1ccc(Cl)cc1)N(C)C(=O)C(=O)NCC12CC(CN1)C2. The van der Waals surface area contributed by atoms with E-state index in [0.29, 0.717) is 18.0 Å². The highest BCUT2D eigenvalue weighted by atomic mass is 35.5. The number of amides is 2. The molecule has 1 aromatic rings. The van der Waals surface area contributed by atoms with Gasteiger partial charge in [-0.25, -0.2) is 0 Å². The van der Waals surface area contributed by atoms with Crippen LogP contribution in [0.15, 0.2) is 24.3 Å². The molecule has 1 saturated carbocycles. The van der Waals surface area contributed by atoms with Crippen LogP contribution in [0.25, 0.3) is 0 Å². The number of rotatable bonds is 5. The number of carbonyl (C=O) groups is 2. The van der Waals surface area contributed by atoms with Gasteiger partial charge in [-0.05, 0) is 56.3 Å². The molecule has 2 amide bonds. The summed E-state index contributed by atoms with van der Waals surface area (Å²) in [6, 6.07) is 7.47. The quantitative estimate of drug-likeness (QED) is 0.794. The number of fused-ring (bicyclic) bond motifs is 1.